The summed E-state index contributed by atoms with van der Waals surface area (Å²) < 4.78 is 11.2. The number of hydrazone groups is 1. The molecule has 1 saturated carbocycles. The Morgan fingerprint density at radius 1 is 1.14 bits per heavy atom. The van der Waals surface area contributed by atoms with Gasteiger partial charge >= 0.3 is 17.6 Å². The van der Waals surface area contributed by atoms with Crippen molar-refractivity contribution in [1.82, 2.24) is 15.0 Å². The molecule has 2 rings (SSSR count). The van der Waals surface area contributed by atoms with Crippen molar-refractivity contribution >= 4 is 23.6 Å². The molecule has 0 unspecified atom stereocenters. The van der Waals surface area contributed by atoms with E-state index in [9.17, 15) is 24.0 Å². The number of esters is 2. The topological polar surface area (TPSA) is 149 Å². The summed E-state index contributed by atoms with van der Waals surface area (Å²) in [4.78, 5) is 61.0. The number of ether oxygens (including phenoxy) is 2. The molecule has 1 aromatic rings. The van der Waals surface area contributed by atoms with Crippen LogP contribution in [0.15, 0.2) is 27.0 Å². The highest BCUT2D eigenvalue weighted by Gasteiger charge is 2.43. The fraction of sp³-hybridized carbons (Fsp3) is 0.556. The zero-order chi connectivity index (χ0) is 21.4. The first-order chi connectivity index (χ1) is 13.8. The van der Waals surface area contributed by atoms with Crippen LogP contribution in [-0.2, 0) is 30.4 Å². The maximum absolute atomic E-state index is 12.1. The fourth-order valence-corrected chi connectivity index (χ4v) is 3.00. The lowest BCUT2D eigenvalue weighted by Gasteiger charge is -2.15. The van der Waals surface area contributed by atoms with Gasteiger partial charge in [0.1, 0.15) is 0 Å². The average Bonchev–Trinajstić information content (AvgIpc) is 3.11. The first-order valence-corrected chi connectivity index (χ1v) is 9.33. The van der Waals surface area contributed by atoms with Gasteiger partial charge in [-0.25, -0.2) is 10.2 Å². The molecule has 29 heavy (non-hydrogen) atoms. The number of H-pyrrole nitrogens is 1. The third-order valence-electron chi connectivity index (χ3n) is 4.39. The first-order valence-electron chi connectivity index (χ1n) is 9.33. The normalized spacial score (nSPS) is 18.2. The highest BCUT2D eigenvalue weighted by atomic mass is 16.5. The van der Waals surface area contributed by atoms with Gasteiger partial charge in [-0.05, 0) is 13.8 Å². The van der Waals surface area contributed by atoms with Gasteiger partial charge in [0.25, 0.3) is 5.56 Å². The largest absolute Gasteiger partial charge is 0.466 e. The van der Waals surface area contributed by atoms with Gasteiger partial charge in [0.15, 0.2) is 0 Å². The van der Waals surface area contributed by atoms with Crippen LogP contribution in [0.5, 0.6) is 0 Å². The molecular weight excluding hydrogens is 384 g/mol. The molecule has 11 heteroatoms. The van der Waals surface area contributed by atoms with Gasteiger partial charge in [0, 0.05) is 43.8 Å². The van der Waals surface area contributed by atoms with Crippen LogP contribution in [0.2, 0.25) is 0 Å². The summed E-state index contributed by atoms with van der Waals surface area (Å²) in [7, 11) is 0. The van der Waals surface area contributed by atoms with Crippen LogP contribution in [-0.4, -0.2) is 46.3 Å². The molecule has 0 saturated heterocycles. The quantitative estimate of drug-likeness (QED) is 0.437. The number of nitrogens with one attached hydrogen (secondary N) is 2. The van der Waals surface area contributed by atoms with E-state index in [1.807, 2.05) is 0 Å². The standard InChI is InChI=1S/C18H24N4O7/c1-3-28-16(25)12-9-11(10-13(12)17(26)29-4-2)20-21-15(24)6-8-22-7-5-14(23)19-18(22)27/h5,7,12-13H,3-4,6,8-10H2,1-2H3,(H,21,24)(H,19,23,27)/t12-,13-/m1/s1. The molecule has 1 heterocycles. The van der Waals surface area contributed by atoms with Gasteiger partial charge in [-0.2, -0.15) is 5.10 Å². The first kappa shape index (κ1) is 22.1. The summed E-state index contributed by atoms with van der Waals surface area (Å²) in [6.45, 7) is 3.80. The third kappa shape index (κ3) is 6.13. The van der Waals surface area contributed by atoms with Crippen LogP contribution >= 0.6 is 0 Å². The molecule has 2 atom stereocenters. The van der Waals surface area contributed by atoms with Crippen molar-refractivity contribution in [2.45, 2.75) is 39.7 Å². The molecule has 0 aromatic carbocycles. The lowest BCUT2D eigenvalue weighted by molar-refractivity contribution is -0.158. The zero-order valence-electron chi connectivity index (χ0n) is 16.3. The summed E-state index contributed by atoms with van der Waals surface area (Å²) in [5.74, 6) is -2.87. The van der Waals surface area contributed by atoms with E-state index >= 15 is 0 Å². The SMILES string of the molecule is CCOC(=O)[C@@H]1CC(=NNC(=O)CCn2ccc(=O)[nH]c2=O)C[C@H]1C(=O)OCC. The molecule has 1 aromatic heterocycles. The van der Waals surface area contributed by atoms with Crippen molar-refractivity contribution in [3.8, 4) is 0 Å². The smallest absolute Gasteiger partial charge is 0.328 e. The Bertz CT molecular complexity index is 874. The van der Waals surface area contributed by atoms with Gasteiger partial charge in [-0.3, -0.25) is 24.2 Å². The van der Waals surface area contributed by atoms with E-state index in [2.05, 4.69) is 15.5 Å². The predicted molar refractivity (Wildman–Crippen MR) is 101 cm³/mol. The van der Waals surface area contributed by atoms with E-state index in [0.29, 0.717) is 5.71 Å². The molecule has 1 aliphatic carbocycles. The highest BCUT2D eigenvalue weighted by Crippen LogP contribution is 2.32. The molecule has 2 N–H and O–H groups in total. The average molecular weight is 408 g/mol. The monoisotopic (exact) mass is 408 g/mol. The number of amides is 1. The summed E-state index contributed by atoms with van der Waals surface area (Å²) in [5, 5.41) is 4.01. The number of carbonyl (C=O) groups excluding carboxylic acids is 3. The van der Waals surface area contributed by atoms with Crippen molar-refractivity contribution in [1.29, 1.82) is 0 Å². The second-order valence-corrected chi connectivity index (χ2v) is 6.39. The Labute approximate surface area is 166 Å². The lowest BCUT2D eigenvalue weighted by Crippen LogP contribution is -2.30. The van der Waals surface area contributed by atoms with Crippen molar-refractivity contribution in [3.63, 3.8) is 0 Å². The molecule has 0 radical (unpaired) electrons. The summed E-state index contributed by atoms with van der Waals surface area (Å²) in [5.41, 5.74) is 1.72. The minimum Gasteiger partial charge on any atom is -0.466 e. The van der Waals surface area contributed by atoms with E-state index in [4.69, 9.17) is 9.47 Å². The lowest BCUT2D eigenvalue weighted by atomic mass is 9.96. The summed E-state index contributed by atoms with van der Waals surface area (Å²) >= 11 is 0. The van der Waals surface area contributed by atoms with Crippen LogP contribution in [0.3, 0.4) is 0 Å². The van der Waals surface area contributed by atoms with Crippen molar-refractivity contribution < 1.29 is 23.9 Å². The van der Waals surface area contributed by atoms with E-state index < -0.39 is 40.9 Å². The number of aromatic amines is 1. The number of aromatic nitrogens is 2. The Balaban J connectivity index is 1.97. The van der Waals surface area contributed by atoms with Crippen molar-refractivity contribution in [2.24, 2.45) is 16.9 Å². The van der Waals surface area contributed by atoms with Gasteiger partial charge in [-0.15, -0.1) is 0 Å². The molecule has 158 valence electrons. The predicted octanol–water partition coefficient (Wildman–Crippen LogP) is -0.449. The van der Waals surface area contributed by atoms with Crippen molar-refractivity contribution in [3.05, 3.63) is 33.1 Å². The van der Waals surface area contributed by atoms with Gasteiger partial charge in [0.05, 0.1) is 25.0 Å². The summed E-state index contributed by atoms with van der Waals surface area (Å²) in [6.07, 6.45) is 1.61. The number of rotatable bonds is 8. The molecule has 1 amide bonds. The maximum atomic E-state index is 12.1. The second-order valence-electron chi connectivity index (χ2n) is 6.39. The van der Waals surface area contributed by atoms with Crippen LogP contribution in [0.1, 0.15) is 33.1 Å². The Morgan fingerprint density at radius 2 is 1.72 bits per heavy atom. The minimum absolute atomic E-state index is 0.0503. The number of carbonyl (C=O) groups is 3. The Kier molecular flexibility index (Phi) is 7.87. The molecular formula is C18H24N4O7. The summed E-state index contributed by atoms with van der Waals surface area (Å²) in [6, 6.07) is 1.18. The molecule has 1 fully saturated rings. The fourth-order valence-electron chi connectivity index (χ4n) is 3.00. The minimum atomic E-state index is -0.704. The van der Waals surface area contributed by atoms with Crippen molar-refractivity contribution in [2.75, 3.05) is 13.2 Å². The van der Waals surface area contributed by atoms with Crippen LogP contribution in [0, 0.1) is 11.8 Å². The van der Waals surface area contributed by atoms with Crippen LogP contribution in [0.4, 0.5) is 0 Å². The van der Waals surface area contributed by atoms with E-state index in [0.717, 1.165) is 0 Å². The number of hydrogen-bond acceptors (Lipinski definition) is 8. The van der Waals surface area contributed by atoms with E-state index in [1.54, 1.807) is 13.8 Å². The van der Waals surface area contributed by atoms with Crippen LogP contribution < -0.4 is 16.7 Å². The number of hydrogen-bond donors (Lipinski definition) is 2. The van der Waals surface area contributed by atoms with Gasteiger partial charge in [0.2, 0.25) is 5.91 Å². The molecule has 0 bridgehead atoms. The Morgan fingerprint density at radius 3 is 2.24 bits per heavy atom. The zero-order valence-corrected chi connectivity index (χ0v) is 16.3. The van der Waals surface area contributed by atoms with E-state index in [1.165, 1.54) is 16.8 Å². The van der Waals surface area contributed by atoms with Crippen LogP contribution in [0.25, 0.3) is 0 Å². The number of aryl methyl sites for hydroxylation is 1. The van der Waals surface area contributed by atoms with Gasteiger partial charge in [-0.1, -0.05) is 0 Å². The number of nitrogens with zero attached hydrogens (tertiary/aromatic N) is 2. The maximum Gasteiger partial charge on any atom is 0.328 e. The van der Waals surface area contributed by atoms with Gasteiger partial charge < -0.3 is 14.0 Å². The molecule has 1 aliphatic rings. The second kappa shape index (κ2) is 10.3. The molecule has 0 aliphatic heterocycles. The third-order valence-corrected chi connectivity index (χ3v) is 4.39. The Hall–Kier alpha value is -3.24. The highest BCUT2D eigenvalue weighted by molar-refractivity contribution is 5.98. The van der Waals surface area contributed by atoms with E-state index in [-0.39, 0.29) is 39.0 Å². The molecule has 0 spiro atoms. The molecule has 11 nitrogen and oxygen atoms in total.